The summed E-state index contributed by atoms with van der Waals surface area (Å²) in [4.78, 5) is 57.4. The normalized spacial score (nSPS) is 25.9. The molecule has 1 aromatic rings. The SMILES string of the molecule is CC(C)(C)OC(=O)N1CC2CCC1(C(=O)ON1C(=O)c3ccccc3C1=O)C2. The van der Waals surface area contributed by atoms with Crippen molar-refractivity contribution in [2.75, 3.05) is 6.54 Å². The summed E-state index contributed by atoms with van der Waals surface area (Å²) in [5, 5.41) is 0.501. The molecule has 1 saturated carbocycles. The fourth-order valence-corrected chi connectivity index (χ4v) is 4.24. The molecule has 0 radical (unpaired) electrons. The van der Waals surface area contributed by atoms with E-state index in [4.69, 9.17) is 9.57 Å². The van der Waals surface area contributed by atoms with Crippen LogP contribution < -0.4 is 0 Å². The summed E-state index contributed by atoms with van der Waals surface area (Å²) in [5.41, 5.74) is -1.52. The van der Waals surface area contributed by atoms with E-state index in [-0.39, 0.29) is 17.0 Å². The van der Waals surface area contributed by atoms with Crippen LogP contribution >= 0.6 is 0 Å². The number of benzene rings is 1. The van der Waals surface area contributed by atoms with Crippen molar-refractivity contribution in [1.82, 2.24) is 9.96 Å². The van der Waals surface area contributed by atoms with Gasteiger partial charge in [-0.1, -0.05) is 17.2 Å². The van der Waals surface area contributed by atoms with Gasteiger partial charge >= 0.3 is 12.1 Å². The molecule has 2 bridgehead atoms. The van der Waals surface area contributed by atoms with Crippen molar-refractivity contribution in [3.63, 3.8) is 0 Å². The number of hydrogen-bond acceptors (Lipinski definition) is 6. The van der Waals surface area contributed by atoms with E-state index in [0.717, 1.165) is 6.42 Å². The Morgan fingerprint density at radius 1 is 1.11 bits per heavy atom. The van der Waals surface area contributed by atoms with Gasteiger partial charge in [-0.05, 0) is 58.1 Å². The average Bonchev–Trinajstić information content (AvgIpc) is 3.29. The maximum absolute atomic E-state index is 13.1. The summed E-state index contributed by atoms with van der Waals surface area (Å²) >= 11 is 0. The van der Waals surface area contributed by atoms with Gasteiger partial charge in [0.25, 0.3) is 11.8 Å². The van der Waals surface area contributed by atoms with Crippen LogP contribution in [0, 0.1) is 5.92 Å². The number of amides is 3. The fourth-order valence-electron chi connectivity index (χ4n) is 4.24. The van der Waals surface area contributed by atoms with E-state index in [1.165, 1.54) is 17.0 Å². The zero-order valence-electron chi connectivity index (χ0n) is 16.1. The molecule has 8 heteroatoms. The summed E-state index contributed by atoms with van der Waals surface area (Å²) in [6.07, 6.45) is 1.04. The number of carbonyl (C=O) groups is 4. The monoisotopic (exact) mass is 386 g/mol. The Hall–Kier alpha value is -2.90. The van der Waals surface area contributed by atoms with Crippen LogP contribution in [0.25, 0.3) is 0 Å². The first kappa shape index (κ1) is 18.5. The lowest BCUT2D eigenvalue weighted by Crippen LogP contribution is -2.56. The van der Waals surface area contributed by atoms with Gasteiger partial charge in [0.05, 0.1) is 11.1 Å². The van der Waals surface area contributed by atoms with E-state index in [2.05, 4.69) is 0 Å². The van der Waals surface area contributed by atoms with Gasteiger partial charge in [0, 0.05) is 6.54 Å². The minimum absolute atomic E-state index is 0.169. The molecular weight excluding hydrogens is 364 g/mol. The van der Waals surface area contributed by atoms with Crippen LogP contribution in [0.15, 0.2) is 24.3 Å². The first-order valence-corrected chi connectivity index (χ1v) is 9.33. The molecule has 0 N–H and O–H groups in total. The lowest BCUT2D eigenvalue weighted by molar-refractivity contribution is -0.181. The van der Waals surface area contributed by atoms with Gasteiger partial charge in [-0.15, -0.1) is 0 Å². The highest BCUT2D eigenvalue weighted by molar-refractivity contribution is 6.21. The molecule has 0 spiro atoms. The summed E-state index contributed by atoms with van der Waals surface area (Å²) in [7, 11) is 0. The molecule has 4 rings (SSSR count). The molecular formula is C20H22N2O6. The van der Waals surface area contributed by atoms with Crippen molar-refractivity contribution >= 4 is 23.9 Å². The van der Waals surface area contributed by atoms with Gasteiger partial charge in [0.1, 0.15) is 11.1 Å². The topological polar surface area (TPSA) is 93.2 Å². The van der Waals surface area contributed by atoms with Gasteiger partial charge in [0.15, 0.2) is 0 Å². The third-order valence-electron chi connectivity index (χ3n) is 5.47. The van der Waals surface area contributed by atoms with Crippen LogP contribution in [0.5, 0.6) is 0 Å². The summed E-state index contributed by atoms with van der Waals surface area (Å²) < 4.78 is 5.44. The number of nitrogens with zero attached hydrogens (tertiary/aromatic N) is 2. The van der Waals surface area contributed by atoms with E-state index in [9.17, 15) is 19.2 Å². The Morgan fingerprint density at radius 2 is 1.71 bits per heavy atom. The van der Waals surface area contributed by atoms with E-state index < -0.39 is 35.0 Å². The second-order valence-corrected chi connectivity index (χ2v) is 8.56. The number of fused-ring (bicyclic) bond motifs is 3. The third kappa shape index (κ3) is 2.75. The summed E-state index contributed by atoms with van der Waals surface area (Å²) in [6, 6.07) is 6.29. The molecule has 8 nitrogen and oxygen atoms in total. The molecule has 3 aliphatic rings. The zero-order chi connectivity index (χ0) is 20.3. The highest BCUT2D eigenvalue weighted by Gasteiger charge is 2.60. The first-order valence-electron chi connectivity index (χ1n) is 9.33. The Bertz CT molecular complexity index is 854. The van der Waals surface area contributed by atoms with Gasteiger partial charge < -0.3 is 9.57 Å². The van der Waals surface area contributed by atoms with E-state index in [1.807, 2.05) is 0 Å². The van der Waals surface area contributed by atoms with Gasteiger partial charge in [-0.2, -0.15) is 0 Å². The van der Waals surface area contributed by atoms with E-state index >= 15 is 0 Å². The molecule has 2 unspecified atom stereocenters. The third-order valence-corrected chi connectivity index (χ3v) is 5.47. The van der Waals surface area contributed by atoms with E-state index in [0.29, 0.717) is 24.4 Å². The van der Waals surface area contributed by atoms with Crippen molar-refractivity contribution in [2.45, 2.75) is 51.2 Å². The molecule has 2 aliphatic heterocycles. The van der Waals surface area contributed by atoms with Crippen LogP contribution in [-0.4, -0.2) is 51.5 Å². The van der Waals surface area contributed by atoms with Crippen molar-refractivity contribution < 1.29 is 28.8 Å². The quantitative estimate of drug-likeness (QED) is 0.725. The number of rotatable bonds is 2. The molecule has 2 fully saturated rings. The number of likely N-dealkylation sites (tertiary alicyclic amines) is 1. The molecule has 2 atom stereocenters. The highest BCUT2D eigenvalue weighted by atomic mass is 16.7. The smallest absolute Gasteiger partial charge is 0.411 e. The number of hydrogen-bond donors (Lipinski definition) is 0. The number of carbonyl (C=O) groups excluding carboxylic acids is 4. The van der Waals surface area contributed by atoms with Gasteiger partial charge in [-0.25, -0.2) is 9.59 Å². The molecule has 1 aliphatic carbocycles. The van der Waals surface area contributed by atoms with Crippen molar-refractivity contribution in [3.8, 4) is 0 Å². The Kier molecular flexibility index (Phi) is 3.99. The number of ether oxygens (including phenoxy) is 1. The standard InChI is InChI=1S/C20H22N2O6/c1-19(2,3)27-18(26)21-11-12-8-9-20(21,10-12)17(25)28-22-15(23)13-6-4-5-7-14(13)16(22)24/h4-7,12H,8-11H2,1-3H3. The van der Waals surface area contributed by atoms with Crippen LogP contribution in [-0.2, 0) is 14.4 Å². The number of piperidine rings is 1. The minimum Gasteiger partial charge on any atom is -0.444 e. The lowest BCUT2D eigenvalue weighted by atomic mass is 9.97. The Labute approximate surface area is 162 Å². The van der Waals surface area contributed by atoms with Crippen molar-refractivity contribution in [3.05, 3.63) is 35.4 Å². The van der Waals surface area contributed by atoms with E-state index in [1.54, 1.807) is 32.9 Å². The first-order chi connectivity index (χ1) is 13.1. The predicted molar refractivity (Wildman–Crippen MR) is 96.0 cm³/mol. The zero-order valence-corrected chi connectivity index (χ0v) is 16.1. The van der Waals surface area contributed by atoms with Crippen molar-refractivity contribution in [2.24, 2.45) is 5.92 Å². The minimum atomic E-state index is -1.21. The Morgan fingerprint density at radius 3 is 2.25 bits per heavy atom. The lowest BCUT2D eigenvalue weighted by Gasteiger charge is -2.37. The average molecular weight is 386 g/mol. The summed E-state index contributed by atoms with van der Waals surface area (Å²) in [6.45, 7) is 5.65. The van der Waals surface area contributed by atoms with Gasteiger partial charge in [0.2, 0.25) is 0 Å². The second-order valence-electron chi connectivity index (χ2n) is 8.56. The molecule has 1 aromatic carbocycles. The second kappa shape index (κ2) is 6.05. The highest BCUT2D eigenvalue weighted by Crippen LogP contribution is 2.48. The van der Waals surface area contributed by atoms with Crippen LogP contribution in [0.3, 0.4) is 0 Å². The van der Waals surface area contributed by atoms with Gasteiger partial charge in [-0.3, -0.25) is 14.5 Å². The fraction of sp³-hybridized carbons (Fsp3) is 0.500. The number of imide groups is 1. The van der Waals surface area contributed by atoms with Crippen LogP contribution in [0.4, 0.5) is 4.79 Å². The maximum Gasteiger partial charge on any atom is 0.411 e. The molecule has 3 amide bonds. The molecule has 148 valence electrons. The van der Waals surface area contributed by atoms with Crippen molar-refractivity contribution in [1.29, 1.82) is 0 Å². The molecule has 0 aromatic heterocycles. The molecule has 2 heterocycles. The number of hydroxylamine groups is 2. The summed E-state index contributed by atoms with van der Waals surface area (Å²) in [5.74, 6) is -1.96. The largest absolute Gasteiger partial charge is 0.444 e. The Balaban J connectivity index is 1.56. The molecule has 1 saturated heterocycles. The van der Waals surface area contributed by atoms with Crippen LogP contribution in [0.2, 0.25) is 0 Å². The predicted octanol–water partition coefficient (Wildman–Crippen LogP) is 2.53. The molecule has 28 heavy (non-hydrogen) atoms. The van der Waals surface area contributed by atoms with Crippen LogP contribution in [0.1, 0.15) is 60.7 Å². The maximum atomic E-state index is 13.1.